The summed E-state index contributed by atoms with van der Waals surface area (Å²) in [7, 11) is 0. The number of rotatable bonds is 3. The van der Waals surface area contributed by atoms with Crippen LogP contribution in [0.2, 0.25) is 0 Å². The summed E-state index contributed by atoms with van der Waals surface area (Å²) in [5.74, 6) is 0.814. The van der Waals surface area contributed by atoms with Crippen LogP contribution in [0.25, 0.3) is 0 Å². The van der Waals surface area contributed by atoms with Crippen LogP contribution in [0.5, 0.6) is 0 Å². The lowest BCUT2D eigenvalue weighted by molar-refractivity contribution is 1.02. The maximum atomic E-state index is 4.41. The number of hydrogen-bond acceptors (Lipinski definition) is 5. The molecule has 2 heterocycles. The van der Waals surface area contributed by atoms with E-state index in [1.54, 1.807) is 17.5 Å². The van der Waals surface area contributed by atoms with Crippen molar-refractivity contribution in [2.75, 3.05) is 5.32 Å². The Morgan fingerprint density at radius 1 is 1.12 bits per heavy atom. The third-order valence-corrected chi connectivity index (χ3v) is 3.22. The molecule has 84 valence electrons. The Kier molecular flexibility index (Phi) is 3.14. The van der Waals surface area contributed by atoms with E-state index in [-0.39, 0.29) is 0 Å². The zero-order chi connectivity index (χ0) is 11.5. The lowest BCUT2D eigenvalue weighted by Gasteiger charge is -2.05. The fraction of sp³-hybridized carbons (Fsp3) is 0.364. The molecule has 5 heteroatoms. The molecule has 0 radical (unpaired) electrons. The van der Waals surface area contributed by atoms with Crippen LogP contribution in [0.4, 0.5) is 5.82 Å². The Balaban J connectivity index is 2.02. The van der Waals surface area contributed by atoms with Crippen molar-refractivity contribution >= 4 is 17.2 Å². The fourth-order valence-electron chi connectivity index (χ4n) is 1.29. The number of thiazole rings is 1. The molecular weight excluding hydrogens is 220 g/mol. The maximum Gasteiger partial charge on any atom is 0.145 e. The average molecular weight is 234 g/mol. The third-order valence-electron chi connectivity index (χ3n) is 2.31. The van der Waals surface area contributed by atoms with Crippen LogP contribution >= 0.6 is 11.3 Å². The number of anilines is 1. The first-order valence-electron chi connectivity index (χ1n) is 5.10. The van der Waals surface area contributed by atoms with Crippen LogP contribution in [-0.4, -0.2) is 15.0 Å². The molecule has 0 aliphatic heterocycles. The molecule has 1 N–H and O–H groups in total. The standard InChI is InChI=1S/C11H14N4S/c1-7-8(2)15-11(6-12-7)14-5-10-4-13-9(3)16-10/h4,6H,5H2,1-3H3,(H,14,15). The van der Waals surface area contributed by atoms with Crippen LogP contribution in [0.1, 0.15) is 21.3 Å². The second kappa shape index (κ2) is 4.57. The summed E-state index contributed by atoms with van der Waals surface area (Å²) in [6.45, 7) is 6.68. The van der Waals surface area contributed by atoms with E-state index >= 15 is 0 Å². The lowest BCUT2D eigenvalue weighted by Crippen LogP contribution is -2.02. The van der Waals surface area contributed by atoms with Crippen molar-refractivity contribution in [3.63, 3.8) is 0 Å². The van der Waals surface area contributed by atoms with Crippen LogP contribution in [0.3, 0.4) is 0 Å². The molecule has 0 saturated heterocycles. The van der Waals surface area contributed by atoms with Gasteiger partial charge in [0.1, 0.15) is 5.82 Å². The zero-order valence-electron chi connectivity index (χ0n) is 9.61. The van der Waals surface area contributed by atoms with Gasteiger partial charge in [0.15, 0.2) is 0 Å². The van der Waals surface area contributed by atoms with Gasteiger partial charge < -0.3 is 5.32 Å². The number of nitrogens with zero attached hydrogens (tertiary/aromatic N) is 3. The van der Waals surface area contributed by atoms with Crippen LogP contribution < -0.4 is 5.32 Å². The molecule has 4 nitrogen and oxygen atoms in total. The molecule has 0 atom stereocenters. The van der Waals surface area contributed by atoms with E-state index in [1.165, 1.54) is 4.88 Å². The highest BCUT2D eigenvalue weighted by Crippen LogP contribution is 2.13. The highest BCUT2D eigenvalue weighted by molar-refractivity contribution is 7.11. The van der Waals surface area contributed by atoms with Crippen LogP contribution in [0, 0.1) is 20.8 Å². The summed E-state index contributed by atoms with van der Waals surface area (Å²) in [6.07, 6.45) is 3.65. The topological polar surface area (TPSA) is 50.7 Å². The highest BCUT2D eigenvalue weighted by Gasteiger charge is 2.01. The minimum atomic E-state index is 0.753. The van der Waals surface area contributed by atoms with E-state index in [4.69, 9.17) is 0 Å². The molecule has 0 fully saturated rings. The Morgan fingerprint density at radius 3 is 2.56 bits per heavy atom. The number of nitrogens with one attached hydrogen (secondary N) is 1. The first-order valence-corrected chi connectivity index (χ1v) is 5.92. The van der Waals surface area contributed by atoms with Gasteiger partial charge in [-0.15, -0.1) is 11.3 Å². The van der Waals surface area contributed by atoms with Crippen molar-refractivity contribution in [1.82, 2.24) is 15.0 Å². The van der Waals surface area contributed by atoms with Gasteiger partial charge in [0, 0.05) is 11.1 Å². The normalized spacial score (nSPS) is 10.4. The molecular formula is C11H14N4S. The van der Waals surface area contributed by atoms with Gasteiger partial charge in [0.25, 0.3) is 0 Å². The van der Waals surface area contributed by atoms with E-state index in [9.17, 15) is 0 Å². The summed E-state index contributed by atoms with van der Waals surface area (Å²) in [5.41, 5.74) is 1.93. The van der Waals surface area contributed by atoms with Gasteiger partial charge in [-0.25, -0.2) is 9.97 Å². The molecule has 16 heavy (non-hydrogen) atoms. The van der Waals surface area contributed by atoms with Crippen molar-refractivity contribution in [3.05, 3.63) is 33.7 Å². The first kappa shape index (κ1) is 11.0. The molecule has 0 aliphatic carbocycles. The lowest BCUT2D eigenvalue weighted by atomic mass is 10.3. The Labute approximate surface area is 98.8 Å². The van der Waals surface area contributed by atoms with Crippen molar-refractivity contribution in [2.45, 2.75) is 27.3 Å². The molecule has 0 aromatic carbocycles. The fourth-order valence-corrected chi connectivity index (χ4v) is 2.03. The molecule has 0 saturated carbocycles. The first-order chi connectivity index (χ1) is 7.65. The van der Waals surface area contributed by atoms with Gasteiger partial charge in [0.2, 0.25) is 0 Å². The second-order valence-electron chi connectivity index (χ2n) is 3.63. The monoisotopic (exact) mass is 234 g/mol. The van der Waals surface area contributed by atoms with Crippen molar-refractivity contribution < 1.29 is 0 Å². The van der Waals surface area contributed by atoms with Gasteiger partial charge in [-0.1, -0.05) is 0 Å². The van der Waals surface area contributed by atoms with Gasteiger partial charge in [0.05, 0.1) is 29.1 Å². The van der Waals surface area contributed by atoms with E-state index in [2.05, 4.69) is 20.3 Å². The molecule has 0 bridgehead atoms. The number of hydrogen-bond donors (Lipinski definition) is 1. The Hall–Kier alpha value is -1.49. The molecule has 0 amide bonds. The molecule has 2 aromatic heterocycles. The van der Waals surface area contributed by atoms with Gasteiger partial charge >= 0.3 is 0 Å². The van der Waals surface area contributed by atoms with Crippen molar-refractivity contribution in [2.24, 2.45) is 0 Å². The smallest absolute Gasteiger partial charge is 0.145 e. The van der Waals surface area contributed by atoms with E-state index in [0.29, 0.717) is 0 Å². The molecule has 0 aliphatic rings. The van der Waals surface area contributed by atoms with E-state index in [0.717, 1.165) is 28.8 Å². The quantitative estimate of drug-likeness (QED) is 0.886. The zero-order valence-corrected chi connectivity index (χ0v) is 10.4. The number of aromatic nitrogens is 3. The summed E-state index contributed by atoms with van der Waals surface area (Å²) >= 11 is 1.69. The number of aryl methyl sites for hydroxylation is 3. The Bertz CT molecular complexity index is 492. The second-order valence-corrected chi connectivity index (χ2v) is 4.94. The summed E-state index contributed by atoms with van der Waals surface area (Å²) in [4.78, 5) is 14.1. The van der Waals surface area contributed by atoms with Crippen molar-refractivity contribution in [3.8, 4) is 0 Å². The Morgan fingerprint density at radius 2 is 1.94 bits per heavy atom. The van der Waals surface area contributed by atoms with E-state index < -0.39 is 0 Å². The summed E-state index contributed by atoms with van der Waals surface area (Å²) in [6, 6.07) is 0. The predicted molar refractivity (Wildman–Crippen MR) is 65.7 cm³/mol. The molecule has 0 spiro atoms. The minimum absolute atomic E-state index is 0.753. The summed E-state index contributed by atoms with van der Waals surface area (Å²) < 4.78 is 0. The SMILES string of the molecule is Cc1ncc(CNc2cnc(C)c(C)n2)s1. The van der Waals surface area contributed by atoms with Crippen LogP contribution in [-0.2, 0) is 6.54 Å². The highest BCUT2D eigenvalue weighted by atomic mass is 32.1. The van der Waals surface area contributed by atoms with Gasteiger partial charge in [-0.2, -0.15) is 0 Å². The molecule has 2 aromatic rings. The predicted octanol–water partition coefficient (Wildman–Crippen LogP) is 2.47. The van der Waals surface area contributed by atoms with Gasteiger partial charge in [-0.3, -0.25) is 4.98 Å². The van der Waals surface area contributed by atoms with Crippen LogP contribution in [0.15, 0.2) is 12.4 Å². The summed E-state index contributed by atoms with van der Waals surface area (Å²) in [5, 5.41) is 4.33. The van der Waals surface area contributed by atoms with Crippen molar-refractivity contribution in [1.29, 1.82) is 0 Å². The van der Waals surface area contributed by atoms with Gasteiger partial charge in [-0.05, 0) is 20.8 Å². The molecule has 2 rings (SSSR count). The third kappa shape index (κ3) is 2.55. The average Bonchev–Trinajstić information content (AvgIpc) is 2.66. The van der Waals surface area contributed by atoms with E-state index in [1.807, 2.05) is 27.0 Å². The molecule has 0 unspecified atom stereocenters. The largest absolute Gasteiger partial charge is 0.364 e. The maximum absolute atomic E-state index is 4.41. The minimum Gasteiger partial charge on any atom is -0.364 e.